The van der Waals surface area contributed by atoms with Gasteiger partial charge in [-0.3, -0.25) is 14.9 Å². The van der Waals surface area contributed by atoms with E-state index in [0.717, 1.165) is 95.1 Å². The number of hydrogen-bond donors (Lipinski definition) is 4. The number of aromatic nitrogens is 2. The number of oxazole rings is 1. The van der Waals surface area contributed by atoms with Crippen molar-refractivity contribution in [2.75, 3.05) is 62.6 Å². The first-order valence-electron chi connectivity index (χ1n) is 22.0. The predicted molar refractivity (Wildman–Crippen MR) is 217 cm³/mol. The van der Waals surface area contributed by atoms with Gasteiger partial charge in [-0.05, 0) is 94.7 Å². The zero-order chi connectivity index (χ0) is 38.9. The van der Waals surface area contributed by atoms with Crippen LogP contribution in [-0.4, -0.2) is 113 Å². The molecule has 4 aliphatic heterocycles. The zero-order valence-electron chi connectivity index (χ0n) is 34.1. The van der Waals surface area contributed by atoms with Crippen molar-refractivity contribution in [2.24, 2.45) is 11.3 Å². The molecule has 6 heterocycles. The maximum atomic E-state index is 13.7. The van der Waals surface area contributed by atoms with Gasteiger partial charge in [-0.2, -0.15) is 0 Å². The highest BCUT2D eigenvalue weighted by Gasteiger charge is 2.50. The molecule has 2 amide bonds. The Morgan fingerprint density at radius 3 is 2.39 bits per heavy atom. The third-order valence-corrected chi connectivity index (χ3v) is 13.6. The molecule has 4 N–H and O–H groups in total. The van der Waals surface area contributed by atoms with Crippen LogP contribution in [0.4, 0.5) is 11.6 Å². The smallest absolute Gasteiger partial charge is 0.251 e. The van der Waals surface area contributed by atoms with Crippen LogP contribution in [0.5, 0.6) is 0 Å². The third-order valence-electron chi connectivity index (χ3n) is 13.6. The molecule has 0 aromatic carbocycles. The molecule has 13 heteroatoms. The van der Waals surface area contributed by atoms with Crippen molar-refractivity contribution in [3.63, 3.8) is 0 Å². The van der Waals surface area contributed by atoms with Crippen LogP contribution in [0.3, 0.4) is 0 Å². The molecule has 0 bridgehead atoms. The van der Waals surface area contributed by atoms with E-state index in [-0.39, 0.29) is 36.0 Å². The molecule has 5 fully saturated rings. The molecule has 0 radical (unpaired) electrons. The first-order chi connectivity index (χ1) is 27.2. The van der Waals surface area contributed by atoms with E-state index >= 15 is 0 Å². The Labute approximate surface area is 334 Å². The highest BCUT2D eigenvalue weighted by molar-refractivity contribution is 5.95. The summed E-state index contributed by atoms with van der Waals surface area (Å²) in [6.07, 6.45) is 19.5. The van der Waals surface area contributed by atoms with E-state index in [0.29, 0.717) is 36.5 Å². The van der Waals surface area contributed by atoms with Gasteiger partial charge in [0.15, 0.2) is 12.2 Å². The summed E-state index contributed by atoms with van der Waals surface area (Å²) in [6, 6.07) is 4.30. The lowest BCUT2D eigenvalue weighted by Crippen LogP contribution is -2.63. The number of nitrogens with zero attached hydrogens (tertiary/aromatic N) is 5. The second-order valence-electron chi connectivity index (χ2n) is 17.6. The number of fused-ring (bicyclic) bond motifs is 2. The summed E-state index contributed by atoms with van der Waals surface area (Å²) in [6.45, 7) is 9.89. The Bertz CT molecular complexity index is 1560. The number of ether oxygens (including phenoxy) is 1. The minimum absolute atomic E-state index is 0.0184. The number of nitrogens with one attached hydrogen (secondary N) is 3. The highest BCUT2D eigenvalue weighted by atomic mass is 16.5. The van der Waals surface area contributed by atoms with Crippen molar-refractivity contribution in [3.05, 3.63) is 35.5 Å². The van der Waals surface area contributed by atoms with Crippen molar-refractivity contribution in [1.29, 1.82) is 0 Å². The van der Waals surface area contributed by atoms with Crippen LogP contribution in [0.2, 0.25) is 0 Å². The SMILES string of the molecule is CC(=O)N1CCC(Nc2cc(C(=O)NCC(O)CN3CCC4NC(OCc5ocnc5C)CC5(CCCCCCCCC5)C4C3)cc(N3CCCCC3)n2)CC1. The number of carbonyl (C=O) groups excluding carboxylic acids is 2. The number of aliphatic hydroxyl groups excluding tert-OH is 1. The van der Waals surface area contributed by atoms with Gasteiger partial charge in [0.05, 0.1) is 11.8 Å². The molecule has 1 saturated carbocycles. The molecule has 1 spiro atoms. The lowest BCUT2D eigenvalue weighted by Gasteiger charge is -2.56. The van der Waals surface area contributed by atoms with Crippen LogP contribution < -0.4 is 20.9 Å². The van der Waals surface area contributed by atoms with Crippen molar-refractivity contribution in [2.45, 2.75) is 148 Å². The number of aryl methyl sites for hydroxylation is 1. The number of aliphatic hydroxyl groups is 1. The number of piperidine rings is 4. The molecule has 4 atom stereocenters. The van der Waals surface area contributed by atoms with Crippen molar-refractivity contribution < 1.29 is 23.8 Å². The minimum Gasteiger partial charge on any atom is -0.446 e. The summed E-state index contributed by atoms with van der Waals surface area (Å²) in [5.41, 5.74) is 1.63. The zero-order valence-corrected chi connectivity index (χ0v) is 34.1. The molecule has 4 saturated heterocycles. The number of pyridine rings is 1. The van der Waals surface area contributed by atoms with Gasteiger partial charge in [-0.25, -0.2) is 9.97 Å². The summed E-state index contributed by atoms with van der Waals surface area (Å²) in [5, 5.41) is 22.0. The fraction of sp³-hybridized carbons (Fsp3) is 0.767. The molecular formula is C43H68N8O5. The van der Waals surface area contributed by atoms with Crippen molar-refractivity contribution >= 4 is 23.5 Å². The minimum atomic E-state index is -0.680. The van der Waals surface area contributed by atoms with Crippen LogP contribution in [-0.2, 0) is 16.1 Å². The van der Waals surface area contributed by atoms with Crippen molar-refractivity contribution in [3.8, 4) is 0 Å². The van der Waals surface area contributed by atoms with E-state index in [1.165, 1.54) is 70.6 Å². The number of likely N-dealkylation sites (tertiary alicyclic amines) is 2. The molecule has 2 aromatic heterocycles. The topological polar surface area (TPSA) is 148 Å². The first kappa shape index (κ1) is 40.9. The van der Waals surface area contributed by atoms with E-state index in [9.17, 15) is 14.7 Å². The van der Waals surface area contributed by atoms with Gasteiger partial charge >= 0.3 is 0 Å². The summed E-state index contributed by atoms with van der Waals surface area (Å²) >= 11 is 0. The first-order valence-corrected chi connectivity index (χ1v) is 22.0. The van der Waals surface area contributed by atoms with Crippen LogP contribution in [0.25, 0.3) is 0 Å². The van der Waals surface area contributed by atoms with E-state index in [1.807, 2.05) is 24.0 Å². The Morgan fingerprint density at radius 1 is 0.982 bits per heavy atom. The van der Waals surface area contributed by atoms with Crippen LogP contribution in [0.1, 0.15) is 131 Å². The number of carbonyl (C=O) groups is 2. The number of amides is 2. The third kappa shape index (κ3) is 10.6. The Hall–Kier alpha value is -3.26. The van der Waals surface area contributed by atoms with E-state index in [4.69, 9.17) is 14.1 Å². The Kier molecular flexibility index (Phi) is 14.2. The maximum Gasteiger partial charge on any atom is 0.251 e. The number of rotatable bonds is 11. The number of β-amino-alcohol motifs (C(OH)–C–C–N with tert-alkyl or cyclic N) is 1. The van der Waals surface area contributed by atoms with E-state index in [1.54, 1.807) is 6.92 Å². The van der Waals surface area contributed by atoms with Gasteiger partial charge in [0.25, 0.3) is 5.91 Å². The summed E-state index contributed by atoms with van der Waals surface area (Å²) in [7, 11) is 0. The van der Waals surface area contributed by atoms with E-state index in [2.05, 4.69) is 30.7 Å². The fourth-order valence-corrected chi connectivity index (χ4v) is 10.3. The molecule has 310 valence electrons. The van der Waals surface area contributed by atoms with Crippen LogP contribution >= 0.6 is 0 Å². The Morgan fingerprint density at radius 2 is 1.70 bits per heavy atom. The summed E-state index contributed by atoms with van der Waals surface area (Å²) < 4.78 is 12.1. The van der Waals surface area contributed by atoms with Crippen molar-refractivity contribution in [1.82, 2.24) is 30.4 Å². The van der Waals surface area contributed by atoms with Gasteiger partial charge in [0.2, 0.25) is 5.91 Å². The molecule has 56 heavy (non-hydrogen) atoms. The molecule has 1 aliphatic carbocycles. The number of anilines is 2. The lowest BCUT2D eigenvalue weighted by atomic mass is 9.60. The van der Waals surface area contributed by atoms with Crippen LogP contribution in [0, 0.1) is 18.3 Å². The van der Waals surface area contributed by atoms with Gasteiger partial charge in [0, 0.05) is 70.4 Å². The van der Waals surface area contributed by atoms with E-state index < -0.39 is 6.10 Å². The molecule has 13 nitrogen and oxygen atoms in total. The average molecular weight is 777 g/mol. The quantitative estimate of drug-likeness (QED) is 0.226. The molecular weight excluding hydrogens is 709 g/mol. The van der Waals surface area contributed by atoms with Gasteiger partial charge < -0.3 is 39.6 Å². The van der Waals surface area contributed by atoms with Gasteiger partial charge in [-0.15, -0.1) is 0 Å². The maximum absolute atomic E-state index is 13.7. The normalized spacial score (nSPS) is 26.0. The summed E-state index contributed by atoms with van der Waals surface area (Å²) in [5.74, 6) is 2.72. The predicted octanol–water partition coefficient (Wildman–Crippen LogP) is 5.62. The average Bonchev–Trinajstić information content (AvgIpc) is 3.63. The monoisotopic (exact) mass is 777 g/mol. The molecule has 5 aliphatic rings. The second-order valence-corrected chi connectivity index (χ2v) is 17.6. The van der Waals surface area contributed by atoms with Crippen LogP contribution in [0.15, 0.2) is 22.9 Å². The second kappa shape index (κ2) is 19.5. The van der Waals surface area contributed by atoms with Gasteiger partial charge in [-0.1, -0.05) is 44.9 Å². The fourth-order valence-electron chi connectivity index (χ4n) is 10.3. The summed E-state index contributed by atoms with van der Waals surface area (Å²) in [4.78, 5) is 41.4. The lowest BCUT2D eigenvalue weighted by molar-refractivity contribution is -0.129. The molecule has 7 rings (SSSR count). The molecule has 4 unspecified atom stereocenters. The molecule has 2 aromatic rings. The standard InChI is InChI=1S/C43H68N8O5/c1-31-38(56-30-45-31)29-55-41-25-43(16-9-6-4-3-5-7-10-17-43)36-28-49(20-15-37(36)47-41)27-35(53)26-44-42(54)33-23-39(46-34-13-21-50(22-14-34)32(2)52)48-40(24-33)51-18-11-8-12-19-51/h23-24,30,34-37,41,47,53H,3-22,25-29H2,1-2H3,(H,44,54)(H,46,48). The Balaban J connectivity index is 0.974. The largest absolute Gasteiger partial charge is 0.446 e. The number of hydrogen-bond acceptors (Lipinski definition) is 11. The highest BCUT2D eigenvalue weighted by Crippen LogP contribution is 2.50. The van der Waals surface area contributed by atoms with Gasteiger partial charge in [0.1, 0.15) is 24.5 Å².